The molecule has 1 aromatic rings. The molecule has 23 heavy (non-hydrogen) atoms. The van der Waals surface area contributed by atoms with E-state index in [4.69, 9.17) is 0 Å². The molecule has 132 valence electrons. The highest BCUT2D eigenvalue weighted by Crippen LogP contribution is 2.28. The summed E-state index contributed by atoms with van der Waals surface area (Å²) in [6, 6.07) is 0. The molecule has 0 aromatic carbocycles. The van der Waals surface area contributed by atoms with Gasteiger partial charge in [-0.25, -0.2) is 0 Å². The molecule has 0 saturated heterocycles. The molecule has 0 amide bonds. The van der Waals surface area contributed by atoms with E-state index in [2.05, 4.69) is 32.7 Å². The summed E-state index contributed by atoms with van der Waals surface area (Å²) in [5.74, 6) is 2.77. The molecule has 0 spiro atoms. The molecule has 1 fully saturated rings. The minimum atomic E-state index is 0. The fourth-order valence-electron chi connectivity index (χ4n) is 3.13. The van der Waals surface area contributed by atoms with Crippen LogP contribution in [0.4, 0.5) is 0 Å². The highest BCUT2D eigenvalue weighted by molar-refractivity contribution is 14.0. The monoisotopic (exact) mass is 434 g/mol. The van der Waals surface area contributed by atoms with E-state index in [0.717, 1.165) is 30.8 Å². The molecule has 2 rings (SSSR count). The van der Waals surface area contributed by atoms with E-state index < -0.39 is 0 Å². The van der Waals surface area contributed by atoms with Crippen molar-refractivity contribution in [1.29, 1.82) is 0 Å². The molecule has 6 nitrogen and oxygen atoms in total. The number of hydrogen-bond donors (Lipinski definition) is 2. The molecule has 1 heterocycles. The molecular weight excluding hydrogens is 403 g/mol. The van der Waals surface area contributed by atoms with Gasteiger partial charge in [0.15, 0.2) is 11.8 Å². The van der Waals surface area contributed by atoms with Crippen LogP contribution in [0.25, 0.3) is 0 Å². The molecule has 0 radical (unpaired) electrons. The van der Waals surface area contributed by atoms with Gasteiger partial charge in [0.25, 0.3) is 0 Å². The van der Waals surface area contributed by atoms with E-state index in [1.807, 2.05) is 4.57 Å². The van der Waals surface area contributed by atoms with Gasteiger partial charge in [0.1, 0.15) is 6.33 Å². The Morgan fingerprint density at radius 3 is 2.78 bits per heavy atom. The lowest BCUT2D eigenvalue weighted by atomic mass is 10.0. The van der Waals surface area contributed by atoms with Crippen molar-refractivity contribution in [3.63, 3.8) is 0 Å². The molecule has 0 atom stereocenters. The van der Waals surface area contributed by atoms with Gasteiger partial charge in [0.05, 0.1) is 6.54 Å². The summed E-state index contributed by atoms with van der Waals surface area (Å²) >= 11 is 0. The quantitative estimate of drug-likeness (QED) is 0.286. The molecule has 7 heteroatoms. The molecule has 0 aliphatic heterocycles. The predicted molar refractivity (Wildman–Crippen MR) is 105 cm³/mol. The van der Waals surface area contributed by atoms with Crippen molar-refractivity contribution in [1.82, 2.24) is 25.4 Å². The lowest BCUT2D eigenvalue weighted by Gasteiger charge is -2.12. The lowest BCUT2D eigenvalue weighted by Crippen LogP contribution is -2.37. The smallest absolute Gasteiger partial charge is 0.191 e. The molecule has 1 aliphatic rings. The number of rotatable bonds is 8. The molecule has 1 saturated carbocycles. The van der Waals surface area contributed by atoms with Crippen LogP contribution >= 0.6 is 24.0 Å². The van der Waals surface area contributed by atoms with Crippen molar-refractivity contribution in [3.8, 4) is 0 Å². The van der Waals surface area contributed by atoms with Crippen molar-refractivity contribution in [2.45, 2.75) is 65.0 Å². The second-order valence-electron chi connectivity index (χ2n) is 6.03. The summed E-state index contributed by atoms with van der Waals surface area (Å²) in [6.07, 6.45) is 11.5. The van der Waals surface area contributed by atoms with E-state index in [1.54, 1.807) is 13.4 Å². The number of aromatic nitrogens is 3. The lowest BCUT2D eigenvalue weighted by molar-refractivity contribution is 0.472. The SMILES string of the molecule is CCn1cnnc1CNC(=NC)NCCCCC1CCCC1.I. The second-order valence-corrected chi connectivity index (χ2v) is 6.03. The summed E-state index contributed by atoms with van der Waals surface area (Å²) < 4.78 is 2.03. The Bertz CT molecular complexity index is 453. The first kappa shape index (κ1) is 20.2. The maximum absolute atomic E-state index is 4.26. The third-order valence-electron chi connectivity index (χ3n) is 4.48. The maximum Gasteiger partial charge on any atom is 0.191 e. The number of aliphatic imine (C=N–C) groups is 1. The van der Waals surface area contributed by atoms with Crippen molar-refractivity contribution >= 4 is 29.9 Å². The number of guanidine groups is 1. The molecule has 0 unspecified atom stereocenters. The summed E-state index contributed by atoms with van der Waals surface area (Å²) in [5.41, 5.74) is 0. The van der Waals surface area contributed by atoms with E-state index in [0.29, 0.717) is 6.54 Å². The van der Waals surface area contributed by atoms with Crippen molar-refractivity contribution in [3.05, 3.63) is 12.2 Å². The van der Waals surface area contributed by atoms with Crippen LogP contribution in [0.15, 0.2) is 11.3 Å². The second kappa shape index (κ2) is 11.6. The summed E-state index contributed by atoms with van der Waals surface area (Å²) in [7, 11) is 1.80. The first-order valence-corrected chi connectivity index (χ1v) is 8.64. The van der Waals surface area contributed by atoms with E-state index in [-0.39, 0.29) is 24.0 Å². The van der Waals surface area contributed by atoms with Gasteiger partial charge < -0.3 is 15.2 Å². The highest BCUT2D eigenvalue weighted by atomic mass is 127. The number of unbranched alkanes of at least 4 members (excludes halogenated alkanes) is 1. The fraction of sp³-hybridized carbons (Fsp3) is 0.812. The van der Waals surface area contributed by atoms with Crippen LogP contribution in [0.2, 0.25) is 0 Å². The highest BCUT2D eigenvalue weighted by Gasteiger charge is 2.13. The molecule has 0 bridgehead atoms. The molecule has 2 N–H and O–H groups in total. The van der Waals surface area contributed by atoms with E-state index in [9.17, 15) is 0 Å². The summed E-state index contributed by atoms with van der Waals surface area (Å²) in [4.78, 5) is 4.26. The number of nitrogens with one attached hydrogen (secondary N) is 2. The Kier molecular flexibility index (Phi) is 10.2. The van der Waals surface area contributed by atoms with Crippen LogP contribution in [-0.2, 0) is 13.1 Å². The maximum atomic E-state index is 4.26. The molecular formula is C16H31IN6. The van der Waals surface area contributed by atoms with Crippen LogP contribution in [-0.4, -0.2) is 34.3 Å². The zero-order chi connectivity index (χ0) is 15.6. The molecule has 1 aliphatic carbocycles. The number of halogens is 1. The first-order valence-electron chi connectivity index (χ1n) is 8.64. The van der Waals surface area contributed by atoms with Gasteiger partial charge in [-0.15, -0.1) is 34.2 Å². The third kappa shape index (κ3) is 7.05. The number of aryl methyl sites for hydroxylation is 1. The van der Waals surface area contributed by atoms with Gasteiger partial charge in [0.2, 0.25) is 0 Å². The topological polar surface area (TPSA) is 67.1 Å². The number of hydrogen-bond acceptors (Lipinski definition) is 3. The van der Waals surface area contributed by atoms with Crippen LogP contribution < -0.4 is 10.6 Å². The van der Waals surface area contributed by atoms with Crippen LogP contribution in [0.5, 0.6) is 0 Å². The Morgan fingerprint density at radius 2 is 2.09 bits per heavy atom. The van der Waals surface area contributed by atoms with Crippen LogP contribution in [0, 0.1) is 5.92 Å². The van der Waals surface area contributed by atoms with E-state index in [1.165, 1.54) is 44.9 Å². The normalized spacial score (nSPS) is 15.5. The van der Waals surface area contributed by atoms with Gasteiger partial charge in [-0.1, -0.05) is 38.5 Å². The number of nitrogens with zero attached hydrogens (tertiary/aromatic N) is 4. The Morgan fingerprint density at radius 1 is 1.30 bits per heavy atom. The van der Waals surface area contributed by atoms with Crippen molar-refractivity contribution in [2.75, 3.05) is 13.6 Å². The van der Waals surface area contributed by atoms with Crippen molar-refractivity contribution < 1.29 is 0 Å². The van der Waals surface area contributed by atoms with Gasteiger partial charge in [-0.2, -0.15) is 0 Å². The third-order valence-corrected chi connectivity index (χ3v) is 4.48. The molecule has 1 aromatic heterocycles. The average Bonchev–Trinajstić information content (AvgIpc) is 3.21. The zero-order valence-electron chi connectivity index (χ0n) is 14.4. The Hall–Kier alpha value is -0.860. The fourth-order valence-corrected chi connectivity index (χ4v) is 3.13. The van der Waals surface area contributed by atoms with Gasteiger partial charge in [0, 0.05) is 20.1 Å². The Labute approximate surface area is 157 Å². The first-order chi connectivity index (χ1) is 10.8. The average molecular weight is 434 g/mol. The van der Waals surface area contributed by atoms with Crippen LogP contribution in [0.3, 0.4) is 0 Å². The van der Waals surface area contributed by atoms with Crippen molar-refractivity contribution in [2.24, 2.45) is 10.9 Å². The summed E-state index contributed by atoms with van der Waals surface area (Å²) in [6.45, 7) is 4.60. The summed E-state index contributed by atoms with van der Waals surface area (Å²) in [5, 5.41) is 14.7. The largest absolute Gasteiger partial charge is 0.356 e. The predicted octanol–water partition coefficient (Wildman–Crippen LogP) is 2.94. The van der Waals surface area contributed by atoms with E-state index >= 15 is 0 Å². The zero-order valence-corrected chi connectivity index (χ0v) is 16.8. The Balaban J connectivity index is 0.00000264. The van der Waals surface area contributed by atoms with Gasteiger partial charge in [-0.3, -0.25) is 4.99 Å². The standard InChI is InChI=1S/C16H30N6.HI/c1-3-22-13-20-21-15(22)12-19-16(17-2)18-11-7-6-10-14-8-4-5-9-14;/h13-14H,3-12H2,1-2H3,(H2,17,18,19);1H. The minimum absolute atomic E-state index is 0. The van der Waals surface area contributed by atoms with Gasteiger partial charge >= 0.3 is 0 Å². The van der Waals surface area contributed by atoms with Gasteiger partial charge in [-0.05, 0) is 19.3 Å². The van der Waals surface area contributed by atoms with Crippen LogP contribution in [0.1, 0.15) is 57.7 Å². The minimum Gasteiger partial charge on any atom is -0.356 e.